The van der Waals surface area contributed by atoms with Crippen LogP contribution in [0.25, 0.3) is 11.3 Å². The predicted molar refractivity (Wildman–Crippen MR) is 76.0 cm³/mol. The van der Waals surface area contributed by atoms with Crippen molar-refractivity contribution in [2.24, 2.45) is 27.2 Å². The molecule has 6 nitrogen and oxygen atoms in total. The number of benzene rings is 1. The summed E-state index contributed by atoms with van der Waals surface area (Å²) in [6.45, 7) is 1.89. The molecule has 0 saturated carbocycles. The number of furan rings is 1. The smallest absolute Gasteiger partial charge is 0.223 e. The molecule has 1 heterocycles. The van der Waals surface area contributed by atoms with Crippen LogP contribution in [0.5, 0.6) is 0 Å². The first kappa shape index (κ1) is 12.7. The lowest BCUT2D eigenvalue weighted by Crippen LogP contribution is -2.26. The Kier molecular flexibility index (Phi) is 3.51. The van der Waals surface area contributed by atoms with Crippen LogP contribution < -0.4 is 17.2 Å². The molecule has 1 aromatic carbocycles. The van der Waals surface area contributed by atoms with E-state index in [4.69, 9.17) is 21.6 Å². The summed E-state index contributed by atoms with van der Waals surface area (Å²) in [5.74, 6) is 1.51. The number of hydrogen-bond donors (Lipinski definition) is 3. The minimum atomic E-state index is -0.126. The monoisotopic (exact) mass is 257 g/mol. The average Bonchev–Trinajstić information content (AvgIpc) is 2.75. The van der Waals surface area contributed by atoms with Crippen molar-refractivity contribution in [1.82, 2.24) is 0 Å². The number of nitrogens with zero attached hydrogens (tertiary/aromatic N) is 2. The van der Waals surface area contributed by atoms with E-state index >= 15 is 0 Å². The molecule has 0 aliphatic carbocycles. The van der Waals surface area contributed by atoms with Gasteiger partial charge in [0.15, 0.2) is 5.96 Å². The van der Waals surface area contributed by atoms with Crippen LogP contribution in [0.15, 0.2) is 50.8 Å². The predicted octanol–water partition coefficient (Wildman–Crippen LogP) is 1.47. The normalized spacial score (nSPS) is 11.3. The molecule has 2 aromatic rings. The van der Waals surface area contributed by atoms with Gasteiger partial charge in [-0.25, -0.2) is 4.99 Å². The maximum absolute atomic E-state index is 5.58. The summed E-state index contributed by atoms with van der Waals surface area (Å²) >= 11 is 0. The summed E-state index contributed by atoms with van der Waals surface area (Å²) in [6.07, 6.45) is 0. The molecule has 0 aliphatic heterocycles. The fraction of sp³-hybridized carbons (Fsp3) is 0.0769. The van der Waals surface area contributed by atoms with E-state index in [-0.39, 0.29) is 11.9 Å². The van der Waals surface area contributed by atoms with Crippen molar-refractivity contribution in [2.45, 2.75) is 6.92 Å². The van der Waals surface area contributed by atoms with E-state index in [9.17, 15) is 0 Å². The van der Waals surface area contributed by atoms with Gasteiger partial charge in [0.25, 0.3) is 0 Å². The highest BCUT2D eigenvalue weighted by Gasteiger charge is 2.03. The second kappa shape index (κ2) is 5.26. The standard InChI is InChI=1S/C13H15N5O/c1-8-5-6-11(19-8)9-3-2-4-10(7-9)17-13(16)18-12(14)15/h2-7H,1H3,(H6,14,15,16,17,18). The van der Waals surface area contributed by atoms with Crippen molar-refractivity contribution in [3.63, 3.8) is 0 Å². The van der Waals surface area contributed by atoms with Crippen molar-refractivity contribution < 1.29 is 4.42 Å². The van der Waals surface area contributed by atoms with Gasteiger partial charge in [-0.3, -0.25) is 0 Å². The Balaban J connectivity index is 2.32. The Morgan fingerprint density at radius 1 is 1.11 bits per heavy atom. The lowest BCUT2D eigenvalue weighted by Gasteiger charge is -2.00. The summed E-state index contributed by atoms with van der Waals surface area (Å²) in [5, 5.41) is 0. The van der Waals surface area contributed by atoms with E-state index in [1.807, 2.05) is 37.3 Å². The van der Waals surface area contributed by atoms with Crippen molar-refractivity contribution in [1.29, 1.82) is 0 Å². The Labute approximate surface area is 110 Å². The number of hydrogen-bond acceptors (Lipinski definition) is 2. The summed E-state index contributed by atoms with van der Waals surface area (Å²) in [5.41, 5.74) is 17.6. The third-order valence-corrected chi connectivity index (χ3v) is 2.36. The van der Waals surface area contributed by atoms with Crippen LogP contribution in [-0.2, 0) is 0 Å². The molecule has 1 aromatic heterocycles. The highest BCUT2D eigenvalue weighted by atomic mass is 16.3. The lowest BCUT2D eigenvalue weighted by molar-refractivity contribution is 0.548. The van der Waals surface area contributed by atoms with Crippen LogP contribution in [0.4, 0.5) is 5.69 Å². The third kappa shape index (κ3) is 3.35. The molecule has 0 aliphatic rings. The van der Waals surface area contributed by atoms with Crippen LogP contribution in [-0.4, -0.2) is 11.9 Å². The van der Waals surface area contributed by atoms with Crippen molar-refractivity contribution in [3.8, 4) is 11.3 Å². The van der Waals surface area contributed by atoms with Crippen LogP contribution in [0.2, 0.25) is 0 Å². The zero-order valence-electron chi connectivity index (χ0n) is 10.5. The molecule has 0 atom stereocenters. The molecule has 0 saturated heterocycles. The highest BCUT2D eigenvalue weighted by Crippen LogP contribution is 2.25. The second-order valence-electron chi connectivity index (χ2n) is 3.97. The Hall–Kier alpha value is -2.76. The van der Waals surface area contributed by atoms with E-state index in [1.165, 1.54) is 0 Å². The highest BCUT2D eigenvalue weighted by molar-refractivity contribution is 5.93. The van der Waals surface area contributed by atoms with Gasteiger partial charge in [-0.2, -0.15) is 4.99 Å². The SMILES string of the molecule is Cc1ccc(-c2cccc(N=C(N)N=C(N)N)c2)o1. The zero-order valence-corrected chi connectivity index (χ0v) is 10.5. The van der Waals surface area contributed by atoms with Crippen LogP contribution in [0, 0.1) is 6.92 Å². The Morgan fingerprint density at radius 3 is 2.53 bits per heavy atom. The Morgan fingerprint density at radius 2 is 1.89 bits per heavy atom. The summed E-state index contributed by atoms with van der Waals surface area (Å²) < 4.78 is 5.55. The van der Waals surface area contributed by atoms with Gasteiger partial charge >= 0.3 is 0 Å². The van der Waals surface area contributed by atoms with Crippen LogP contribution in [0.1, 0.15) is 5.76 Å². The second-order valence-corrected chi connectivity index (χ2v) is 3.97. The number of aryl methyl sites for hydroxylation is 1. The van der Waals surface area contributed by atoms with Gasteiger partial charge in [0.2, 0.25) is 5.96 Å². The largest absolute Gasteiger partial charge is 0.461 e. The zero-order chi connectivity index (χ0) is 13.8. The maximum atomic E-state index is 5.58. The average molecular weight is 257 g/mol. The van der Waals surface area contributed by atoms with Gasteiger partial charge in [0.1, 0.15) is 11.5 Å². The fourth-order valence-corrected chi connectivity index (χ4v) is 1.61. The van der Waals surface area contributed by atoms with Crippen molar-refractivity contribution in [3.05, 3.63) is 42.2 Å². The van der Waals surface area contributed by atoms with E-state index < -0.39 is 0 Å². The number of guanidine groups is 2. The molecular weight excluding hydrogens is 242 g/mol. The summed E-state index contributed by atoms with van der Waals surface area (Å²) in [4.78, 5) is 7.75. The van der Waals surface area contributed by atoms with Gasteiger partial charge in [-0.05, 0) is 31.2 Å². The van der Waals surface area contributed by atoms with E-state index in [0.717, 1.165) is 17.1 Å². The van der Waals surface area contributed by atoms with E-state index in [2.05, 4.69) is 9.98 Å². The topological polar surface area (TPSA) is 116 Å². The molecule has 6 heteroatoms. The molecule has 19 heavy (non-hydrogen) atoms. The molecule has 0 radical (unpaired) electrons. The first-order valence-electron chi connectivity index (χ1n) is 5.65. The van der Waals surface area contributed by atoms with Gasteiger partial charge in [-0.1, -0.05) is 12.1 Å². The molecular formula is C13H15N5O. The molecule has 2 rings (SSSR count). The van der Waals surface area contributed by atoms with Gasteiger partial charge in [0, 0.05) is 5.56 Å². The van der Waals surface area contributed by atoms with Crippen LogP contribution in [0.3, 0.4) is 0 Å². The summed E-state index contributed by atoms with van der Waals surface area (Å²) in [7, 11) is 0. The van der Waals surface area contributed by atoms with E-state index in [1.54, 1.807) is 6.07 Å². The van der Waals surface area contributed by atoms with Gasteiger partial charge in [-0.15, -0.1) is 0 Å². The van der Waals surface area contributed by atoms with Crippen LogP contribution >= 0.6 is 0 Å². The Bertz CT molecular complexity index is 638. The minimum absolute atomic E-state index is 0.00720. The van der Waals surface area contributed by atoms with Crippen molar-refractivity contribution in [2.75, 3.05) is 0 Å². The van der Waals surface area contributed by atoms with E-state index in [0.29, 0.717) is 5.69 Å². The van der Waals surface area contributed by atoms with Gasteiger partial charge < -0.3 is 21.6 Å². The minimum Gasteiger partial charge on any atom is -0.461 e. The molecule has 0 fully saturated rings. The number of nitrogens with two attached hydrogens (primary N) is 3. The molecule has 6 N–H and O–H groups in total. The number of rotatable bonds is 2. The first-order valence-corrected chi connectivity index (χ1v) is 5.65. The molecule has 98 valence electrons. The fourth-order valence-electron chi connectivity index (χ4n) is 1.61. The lowest BCUT2D eigenvalue weighted by atomic mass is 10.1. The maximum Gasteiger partial charge on any atom is 0.223 e. The molecule has 0 spiro atoms. The van der Waals surface area contributed by atoms with Crippen molar-refractivity contribution >= 4 is 17.6 Å². The quantitative estimate of drug-likeness (QED) is 0.558. The first-order chi connectivity index (χ1) is 9.04. The summed E-state index contributed by atoms with van der Waals surface area (Å²) in [6, 6.07) is 11.2. The number of aliphatic imine (C=N–C) groups is 2. The van der Waals surface area contributed by atoms with Gasteiger partial charge in [0.05, 0.1) is 5.69 Å². The third-order valence-electron chi connectivity index (χ3n) is 2.36. The molecule has 0 unspecified atom stereocenters. The molecule has 0 bridgehead atoms. The molecule has 0 amide bonds.